The maximum absolute atomic E-state index is 12.3. The molecule has 2 rings (SSSR count). The summed E-state index contributed by atoms with van der Waals surface area (Å²) in [7, 11) is 0. The monoisotopic (exact) mass is 354 g/mol. The van der Waals surface area contributed by atoms with Crippen LogP contribution in [0.5, 0.6) is 0 Å². The van der Waals surface area contributed by atoms with Crippen LogP contribution in [0, 0.1) is 0 Å². The highest BCUT2D eigenvalue weighted by atomic mass is 35.5. The minimum Gasteiger partial charge on any atom is -0.479 e. The van der Waals surface area contributed by atoms with Gasteiger partial charge in [0.1, 0.15) is 5.60 Å². The number of amides is 1. The molecule has 0 spiro atoms. The Morgan fingerprint density at radius 2 is 1.79 bits per heavy atom. The maximum atomic E-state index is 12.3. The molecule has 0 aliphatic carbocycles. The zero-order valence-electron chi connectivity index (χ0n) is 14.4. The summed E-state index contributed by atoms with van der Waals surface area (Å²) in [6.45, 7) is 7.78. The Morgan fingerprint density at radius 1 is 1.21 bits per heavy atom. The lowest BCUT2D eigenvalue weighted by molar-refractivity contribution is -0.144. The van der Waals surface area contributed by atoms with E-state index >= 15 is 0 Å². The Labute approximate surface area is 146 Å². The van der Waals surface area contributed by atoms with Gasteiger partial charge < -0.3 is 19.6 Å². The number of hydrogen-bond donors (Lipinski definition) is 1. The number of benzene rings is 1. The van der Waals surface area contributed by atoms with Crippen molar-refractivity contribution in [3.8, 4) is 0 Å². The summed E-state index contributed by atoms with van der Waals surface area (Å²) in [5.41, 5.74) is -1.11. The number of ether oxygens (including phenoxy) is 1. The number of hydrogen-bond acceptors (Lipinski definition) is 4. The average molecular weight is 355 g/mol. The van der Waals surface area contributed by atoms with Gasteiger partial charge in [0.05, 0.1) is 6.54 Å². The molecule has 1 unspecified atom stereocenters. The van der Waals surface area contributed by atoms with E-state index in [1.165, 1.54) is 4.90 Å². The minimum atomic E-state index is -1.25. The number of anilines is 1. The number of carboxylic acids is 1. The van der Waals surface area contributed by atoms with Gasteiger partial charge in [0.25, 0.3) is 0 Å². The lowest BCUT2D eigenvalue weighted by atomic mass is 9.95. The van der Waals surface area contributed by atoms with Gasteiger partial charge in [0.2, 0.25) is 0 Å². The molecule has 0 bridgehead atoms. The van der Waals surface area contributed by atoms with Crippen LogP contribution in [-0.2, 0) is 9.53 Å². The van der Waals surface area contributed by atoms with Gasteiger partial charge in [-0.15, -0.1) is 0 Å². The molecule has 0 aromatic heterocycles. The highest BCUT2D eigenvalue weighted by Gasteiger charge is 2.46. The predicted octanol–water partition coefficient (Wildman–Crippen LogP) is 3.24. The van der Waals surface area contributed by atoms with Gasteiger partial charge in [-0.25, -0.2) is 9.59 Å². The van der Waals surface area contributed by atoms with Crippen LogP contribution < -0.4 is 4.90 Å². The predicted molar refractivity (Wildman–Crippen MR) is 92.6 cm³/mol. The molecule has 1 aliphatic rings. The van der Waals surface area contributed by atoms with Crippen LogP contribution >= 0.6 is 11.6 Å². The van der Waals surface area contributed by atoms with E-state index in [9.17, 15) is 14.7 Å². The molecule has 1 aromatic carbocycles. The van der Waals surface area contributed by atoms with Crippen molar-refractivity contribution in [1.29, 1.82) is 0 Å². The van der Waals surface area contributed by atoms with Crippen molar-refractivity contribution in [1.82, 2.24) is 4.90 Å². The number of piperazine rings is 1. The summed E-state index contributed by atoms with van der Waals surface area (Å²) < 4.78 is 5.37. The molecule has 1 saturated heterocycles. The van der Waals surface area contributed by atoms with E-state index in [-0.39, 0.29) is 6.54 Å². The first kappa shape index (κ1) is 18.4. The number of nitrogens with zero attached hydrogens (tertiary/aromatic N) is 2. The Balaban J connectivity index is 2.24. The summed E-state index contributed by atoms with van der Waals surface area (Å²) >= 11 is 5.91. The van der Waals surface area contributed by atoms with Crippen molar-refractivity contribution in [3.05, 3.63) is 29.3 Å². The Kier molecular flexibility index (Phi) is 4.99. The molecule has 1 heterocycles. The van der Waals surface area contributed by atoms with Crippen LogP contribution in [0.2, 0.25) is 5.02 Å². The minimum absolute atomic E-state index is 0.0415. The Hall–Kier alpha value is -1.95. The molecule has 24 heavy (non-hydrogen) atoms. The molecule has 7 heteroatoms. The fraction of sp³-hybridized carbons (Fsp3) is 0.529. The third kappa shape index (κ3) is 3.93. The normalized spacial score (nSPS) is 21.5. The molecular weight excluding hydrogens is 332 g/mol. The Bertz CT molecular complexity index is 626. The van der Waals surface area contributed by atoms with E-state index in [2.05, 4.69) is 0 Å². The second-order valence-electron chi connectivity index (χ2n) is 7.11. The number of carbonyl (C=O) groups excluding carboxylic acids is 1. The molecule has 6 nitrogen and oxygen atoms in total. The standard InChI is InChI=1S/C17H23ClN2O4/c1-16(2,3)24-15(23)19-9-10-20(17(4,11-19)14(21)22)13-7-5-12(18)6-8-13/h5-8H,9-11H2,1-4H3,(H,21,22). The number of rotatable bonds is 2. The molecule has 0 saturated carbocycles. The molecule has 0 radical (unpaired) electrons. The van der Waals surface area contributed by atoms with E-state index in [0.717, 1.165) is 5.69 Å². The fourth-order valence-corrected chi connectivity index (χ4v) is 2.83. The van der Waals surface area contributed by atoms with Crippen molar-refractivity contribution in [3.63, 3.8) is 0 Å². The van der Waals surface area contributed by atoms with Crippen molar-refractivity contribution in [2.45, 2.75) is 38.8 Å². The van der Waals surface area contributed by atoms with Gasteiger partial charge in [-0.2, -0.15) is 0 Å². The number of carbonyl (C=O) groups is 2. The SMILES string of the molecule is CC(C)(C)OC(=O)N1CCN(c2ccc(Cl)cc2)C(C)(C(=O)O)C1. The van der Waals surface area contributed by atoms with Crippen LogP contribution in [0.15, 0.2) is 24.3 Å². The highest BCUT2D eigenvalue weighted by Crippen LogP contribution is 2.30. The van der Waals surface area contributed by atoms with Crippen LogP contribution in [0.1, 0.15) is 27.7 Å². The van der Waals surface area contributed by atoms with Gasteiger partial charge >= 0.3 is 12.1 Å². The van der Waals surface area contributed by atoms with Crippen molar-refractivity contribution < 1.29 is 19.4 Å². The van der Waals surface area contributed by atoms with Crippen LogP contribution in [0.25, 0.3) is 0 Å². The molecule has 1 aromatic rings. The summed E-state index contributed by atoms with van der Waals surface area (Å²) in [4.78, 5) is 27.5. The van der Waals surface area contributed by atoms with E-state index < -0.39 is 23.2 Å². The van der Waals surface area contributed by atoms with E-state index in [1.807, 2.05) is 0 Å². The van der Waals surface area contributed by atoms with Crippen molar-refractivity contribution in [2.24, 2.45) is 0 Å². The smallest absolute Gasteiger partial charge is 0.410 e. The quantitative estimate of drug-likeness (QED) is 0.882. The molecule has 132 valence electrons. The van der Waals surface area contributed by atoms with Crippen LogP contribution in [-0.4, -0.2) is 52.8 Å². The molecule has 1 aliphatic heterocycles. The highest BCUT2D eigenvalue weighted by molar-refractivity contribution is 6.30. The summed E-state index contributed by atoms with van der Waals surface area (Å²) in [6, 6.07) is 7.01. The number of halogens is 1. The van der Waals surface area contributed by atoms with Crippen LogP contribution in [0.4, 0.5) is 10.5 Å². The van der Waals surface area contributed by atoms with Gasteiger partial charge in [0, 0.05) is 23.8 Å². The molecular formula is C17H23ClN2O4. The van der Waals surface area contributed by atoms with E-state index in [1.54, 1.807) is 56.9 Å². The van der Waals surface area contributed by atoms with Gasteiger partial charge in [-0.05, 0) is 52.0 Å². The van der Waals surface area contributed by atoms with Crippen molar-refractivity contribution >= 4 is 29.4 Å². The number of aliphatic carboxylic acids is 1. The van der Waals surface area contributed by atoms with E-state index in [0.29, 0.717) is 18.1 Å². The molecule has 1 atom stereocenters. The topological polar surface area (TPSA) is 70.1 Å². The molecule has 1 fully saturated rings. The van der Waals surface area contributed by atoms with Gasteiger partial charge in [0.15, 0.2) is 5.54 Å². The fourth-order valence-electron chi connectivity index (χ4n) is 2.70. The zero-order valence-corrected chi connectivity index (χ0v) is 15.1. The van der Waals surface area contributed by atoms with Crippen molar-refractivity contribution in [2.75, 3.05) is 24.5 Å². The second-order valence-corrected chi connectivity index (χ2v) is 7.55. The zero-order chi connectivity index (χ0) is 18.1. The first-order chi connectivity index (χ1) is 11.0. The van der Waals surface area contributed by atoms with Gasteiger partial charge in [-0.1, -0.05) is 11.6 Å². The summed E-state index contributed by atoms with van der Waals surface area (Å²) in [5, 5.41) is 10.4. The maximum Gasteiger partial charge on any atom is 0.410 e. The molecule has 1 amide bonds. The number of carboxylic acid groups (broad SMARTS) is 1. The molecule has 1 N–H and O–H groups in total. The first-order valence-corrected chi connectivity index (χ1v) is 8.15. The van der Waals surface area contributed by atoms with Crippen LogP contribution in [0.3, 0.4) is 0 Å². The summed E-state index contributed by atoms with van der Waals surface area (Å²) in [5.74, 6) is -0.995. The summed E-state index contributed by atoms with van der Waals surface area (Å²) in [6.07, 6.45) is -0.495. The Morgan fingerprint density at radius 3 is 2.29 bits per heavy atom. The third-order valence-electron chi connectivity index (χ3n) is 3.94. The third-order valence-corrected chi connectivity index (χ3v) is 4.19. The average Bonchev–Trinajstić information content (AvgIpc) is 2.46. The second kappa shape index (κ2) is 6.51. The first-order valence-electron chi connectivity index (χ1n) is 7.77. The lowest BCUT2D eigenvalue weighted by Gasteiger charge is -2.47. The largest absolute Gasteiger partial charge is 0.479 e. The lowest BCUT2D eigenvalue weighted by Crippen LogP contribution is -2.66. The van der Waals surface area contributed by atoms with Gasteiger partial charge in [-0.3, -0.25) is 0 Å². The van der Waals surface area contributed by atoms with E-state index in [4.69, 9.17) is 16.3 Å².